The summed E-state index contributed by atoms with van der Waals surface area (Å²) < 4.78 is 5.92. The molecule has 1 N–H and O–H groups in total. The van der Waals surface area contributed by atoms with Gasteiger partial charge in [0.25, 0.3) is 0 Å². The first kappa shape index (κ1) is 11.1. The van der Waals surface area contributed by atoms with Crippen LogP contribution in [0, 0.1) is 5.92 Å². The maximum atomic E-state index is 5.99. The lowest BCUT2D eigenvalue weighted by Crippen LogP contribution is -2.21. The highest BCUT2D eigenvalue weighted by Crippen LogP contribution is 2.42. The fourth-order valence-corrected chi connectivity index (χ4v) is 2.52. The van der Waals surface area contributed by atoms with Gasteiger partial charge in [0.15, 0.2) is 0 Å². The van der Waals surface area contributed by atoms with Crippen LogP contribution in [0.2, 0.25) is 5.02 Å². The van der Waals surface area contributed by atoms with Gasteiger partial charge in [0.1, 0.15) is 11.3 Å². The van der Waals surface area contributed by atoms with Crippen molar-refractivity contribution in [3.63, 3.8) is 0 Å². The Labute approximate surface area is 106 Å². The van der Waals surface area contributed by atoms with E-state index in [1.165, 1.54) is 12.8 Å². The van der Waals surface area contributed by atoms with Crippen molar-refractivity contribution in [3.8, 4) is 0 Å². The van der Waals surface area contributed by atoms with Crippen molar-refractivity contribution in [3.05, 3.63) is 35.0 Å². The Kier molecular flexibility index (Phi) is 2.85. The Morgan fingerprint density at radius 1 is 1.41 bits per heavy atom. The third-order valence-electron chi connectivity index (χ3n) is 3.32. The molecule has 0 amide bonds. The molecule has 0 bridgehead atoms. The molecule has 3 heteroatoms. The third-order valence-corrected chi connectivity index (χ3v) is 3.56. The molecule has 1 atom stereocenters. The number of rotatable bonds is 4. The maximum absolute atomic E-state index is 5.99. The Morgan fingerprint density at radius 3 is 2.94 bits per heavy atom. The van der Waals surface area contributed by atoms with Crippen LogP contribution in [0.25, 0.3) is 11.0 Å². The number of hydrogen-bond donors (Lipinski definition) is 1. The van der Waals surface area contributed by atoms with Gasteiger partial charge in [-0.3, -0.25) is 0 Å². The largest absolute Gasteiger partial charge is 0.459 e. The molecule has 1 fully saturated rings. The summed E-state index contributed by atoms with van der Waals surface area (Å²) in [6, 6.07) is 8.26. The molecule has 1 aromatic heterocycles. The number of furan rings is 1. The molecule has 0 spiro atoms. The van der Waals surface area contributed by atoms with Gasteiger partial charge in [0, 0.05) is 10.4 Å². The average molecular weight is 250 g/mol. The van der Waals surface area contributed by atoms with Crippen molar-refractivity contribution in [2.45, 2.75) is 25.8 Å². The molecule has 1 aliphatic rings. The molecular weight excluding hydrogens is 234 g/mol. The summed E-state index contributed by atoms with van der Waals surface area (Å²) in [6.07, 6.45) is 2.60. The molecule has 90 valence electrons. The summed E-state index contributed by atoms with van der Waals surface area (Å²) >= 11 is 5.99. The number of fused-ring (bicyclic) bond motifs is 1. The van der Waals surface area contributed by atoms with Crippen LogP contribution in [0.1, 0.15) is 31.6 Å². The Bertz CT molecular complexity index is 530. The van der Waals surface area contributed by atoms with Crippen molar-refractivity contribution in [2.24, 2.45) is 5.92 Å². The first-order valence-corrected chi connectivity index (χ1v) is 6.58. The van der Waals surface area contributed by atoms with Crippen molar-refractivity contribution in [1.29, 1.82) is 0 Å². The molecule has 2 aromatic rings. The van der Waals surface area contributed by atoms with E-state index in [1.54, 1.807) is 0 Å². The van der Waals surface area contributed by atoms with E-state index in [2.05, 4.69) is 18.3 Å². The zero-order chi connectivity index (χ0) is 11.8. The minimum Gasteiger partial charge on any atom is -0.459 e. The summed E-state index contributed by atoms with van der Waals surface area (Å²) in [7, 11) is 0. The van der Waals surface area contributed by atoms with E-state index in [0.29, 0.717) is 6.04 Å². The standard InChI is InChI=1S/C14H16ClNO/c1-2-16-14(9-3-4-9)13-8-10-7-11(15)5-6-12(10)17-13/h5-9,14,16H,2-4H2,1H3. The summed E-state index contributed by atoms with van der Waals surface area (Å²) in [5.74, 6) is 1.79. The monoisotopic (exact) mass is 249 g/mol. The van der Waals surface area contributed by atoms with Crippen LogP contribution < -0.4 is 5.32 Å². The van der Waals surface area contributed by atoms with Crippen LogP contribution in [0.3, 0.4) is 0 Å². The number of benzene rings is 1. The predicted molar refractivity (Wildman–Crippen MR) is 70.4 cm³/mol. The van der Waals surface area contributed by atoms with Gasteiger partial charge in [0.05, 0.1) is 6.04 Å². The topological polar surface area (TPSA) is 25.2 Å². The lowest BCUT2D eigenvalue weighted by Gasteiger charge is -2.13. The Balaban J connectivity index is 1.98. The van der Waals surface area contributed by atoms with Crippen LogP contribution in [0.15, 0.2) is 28.7 Å². The fourth-order valence-electron chi connectivity index (χ4n) is 2.34. The lowest BCUT2D eigenvalue weighted by molar-refractivity contribution is 0.403. The van der Waals surface area contributed by atoms with E-state index in [1.807, 2.05) is 18.2 Å². The van der Waals surface area contributed by atoms with Crippen molar-refractivity contribution in [2.75, 3.05) is 6.54 Å². The fraction of sp³-hybridized carbons (Fsp3) is 0.429. The molecule has 2 nitrogen and oxygen atoms in total. The molecular formula is C14H16ClNO. The van der Waals surface area contributed by atoms with Gasteiger partial charge in [0.2, 0.25) is 0 Å². The second-order valence-electron chi connectivity index (χ2n) is 4.70. The predicted octanol–water partition coefficient (Wildman–Crippen LogP) is 4.15. The molecule has 1 aromatic carbocycles. The van der Waals surface area contributed by atoms with Crippen LogP contribution >= 0.6 is 11.6 Å². The number of halogens is 1. The van der Waals surface area contributed by atoms with E-state index in [9.17, 15) is 0 Å². The van der Waals surface area contributed by atoms with E-state index in [-0.39, 0.29) is 0 Å². The molecule has 1 saturated carbocycles. The van der Waals surface area contributed by atoms with E-state index in [0.717, 1.165) is 34.2 Å². The van der Waals surface area contributed by atoms with Crippen LogP contribution in [0.5, 0.6) is 0 Å². The summed E-state index contributed by atoms with van der Waals surface area (Å²) in [5.41, 5.74) is 0.924. The maximum Gasteiger partial charge on any atom is 0.134 e. The molecule has 0 radical (unpaired) electrons. The summed E-state index contributed by atoms with van der Waals surface area (Å²) in [6.45, 7) is 3.11. The first-order chi connectivity index (χ1) is 8.28. The smallest absolute Gasteiger partial charge is 0.134 e. The van der Waals surface area contributed by atoms with Gasteiger partial charge in [-0.05, 0) is 49.6 Å². The van der Waals surface area contributed by atoms with Gasteiger partial charge in [-0.1, -0.05) is 18.5 Å². The molecule has 1 heterocycles. The Hall–Kier alpha value is -0.990. The lowest BCUT2D eigenvalue weighted by atomic mass is 10.1. The van der Waals surface area contributed by atoms with Crippen LogP contribution in [-0.4, -0.2) is 6.54 Å². The second kappa shape index (κ2) is 4.35. The third kappa shape index (κ3) is 2.20. The summed E-state index contributed by atoms with van der Waals surface area (Å²) in [4.78, 5) is 0. The van der Waals surface area contributed by atoms with Crippen LogP contribution in [-0.2, 0) is 0 Å². The molecule has 1 aliphatic carbocycles. The van der Waals surface area contributed by atoms with E-state index < -0.39 is 0 Å². The highest BCUT2D eigenvalue weighted by molar-refractivity contribution is 6.31. The van der Waals surface area contributed by atoms with Crippen LogP contribution in [0.4, 0.5) is 0 Å². The van der Waals surface area contributed by atoms with Gasteiger partial charge < -0.3 is 9.73 Å². The number of hydrogen-bond acceptors (Lipinski definition) is 2. The molecule has 1 unspecified atom stereocenters. The molecule has 0 saturated heterocycles. The molecule has 0 aliphatic heterocycles. The van der Waals surface area contributed by atoms with E-state index >= 15 is 0 Å². The van der Waals surface area contributed by atoms with Gasteiger partial charge >= 0.3 is 0 Å². The average Bonchev–Trinajstić information content (AvgIpc) is 3.05. The highest BCUT2D eigenvalue weighted by atomic mass is 35.5. The minimum atomic E-state index is 0.367. The van der Waals surface area contributed by atoms with Gasteiger partial charge in [-0.15, -0.1) is 0 Å². The second-order valence-corrected chi connectivity index (χ2v) is 5.14. The molecule has 3 rings (SSSR count). The van der Waals surface area contributed by atoms with Gasteiger partial charge in [-0.2, -0.15) is 0 Å². The highest BCUT2D eigenvalue weighted by Gasteiger charge is 2.33. The number of nitrogens with one attached hydrogen (secondary N) is 1. The zero-order valence-electron chi connectivity index (χ0n) is 9.87. The molecule has 17 heavy (non-hydrogen) atoms. The Morgan fingerprint density at radius 2 is 2.24 bits per heavy atom. The zero-order valence-corrected chi connectivity index (χ0v) is 10.6. The van der Waals surface area contributed by atoms with Crippen molar-refractivity contribution in [1.82, 2.24) is 5.32 Å². The van der Waals surface area contributed by atoms with Crippen molar-refractivity contribution >= 4 is 22.6 Å². The van der Waals surface area contributed by atoms with Gasteiger partial charge in [-0.25, -0.2) is 0 Å². The minimum absolute atomic E-state index is 0.367. The normalized spacial score (nSPS) is 17.5. The van der Waals surface area contributed by atoms with E-state index in [4.69, 9.17) is 16.0 Å². The first-order valence-electron chi connectivity index (χ1n) is 6.20. The summed E-state index contributed by atoms with van der Waals surface area (Å²) in [5, 5.41) is 5.36. The quantitative estimate of drug-likeness (QED) is 0.881. The van der Waals surface area contributed by atoms with Crippen molar-refractivity contribution < 1.29 is 4.42 Å². The SMILES string of the molecule is CCNC(c1cc2cc(Cl)ccc2o1)C1CC1.